The van der Waals surface area contributed by atoms with Crippen LogP contribution in [0.2, 0.25) is 0 Å². The fraction of sp³-hybridized carbons (Fsp3) is 0.481. The van der Waals surface area contributed by atoms with Crippen LogP contribution in [-0.4, -0.2) is 33.6 Å². The summed E-state index contributed by atoms with van der Waals surface area (Å²) in [4.78, 5) is 6.08. The average molecular weight is 381 g/mol. The van der Waals surface area contributed by atoms with Gasteiger partial charge in [0.25, 0.3) is 0 Å². The molecule has 0 amide bonds. The molecule has 0 aromatic heterocycles. The minimum absolute atomic E-state index is 0.161. The number of hydrogen-bond acceptors (Lipinski definition) is 2. The Balaban J connectivity index is 1.49. The van der Waals surface area contributed by atoms with Crippen LogP contribution >= 0.6 is 0 Å². The van der Waals surface area contributed by atoms with E-state index in [9.17, 15) is 0 Å². The molecule has 6 aliphatic heterocycles. The van der Waals surface area contributed by atoms with Gasteiger partial charge in [-0.15, -0.1) is 0 Å². The van der Waals surface area contributed by atoms with Gasteiger partial charge in [-0.25, -0.2) is 0 Å². The first-order chi connectivity index (χ1) is 14.3. The van der Waals surface area contributed by atoms with E-state index in [4.69, 9.17) is 0 Å². The molecule has 8 rings (SSSR count). The standard InChI is InChI=1S/C27H28N2/c1-3-17-11-21-7-9-23-13-19-5-2-6-20-14-24-10-8-22-12-18(4-1)25(17)15-27(28(21)23,29(22)24)16-26(19)20/h1-7,22-24H,8-16H2. The molecule has 2 nitrogen and oxygen atoms in total. The maximum absolute atomic E-state index is 3.09. The van der Waals surface area contributed by atoms with E-state index in [2.05, 4.69) is 52.3 Å². The number of hydrogen-bond donors (Lipinski definition) is 0. The van der Waals surface area contributed by atoms with E-state index >= 15 is 0 Å². The Hall–Kier alpha value is -2.06. The topological polar surface area (TPSA) is 6.48 Å². The molecule has 29 heavy (non-hydrogen) atoms. The lowest BCUT2D eigenvalue weighted by Crippen LogP contribution is -2.66. The highest BCUT2D eigenvalue weighted by atomic mass is 15.5. The third kappa shape index (κ3) is 1.84. The van der Waals surface area contributed by atoms with E-state index in [1.54, 1.807) is 39.1 Å². The molecule has 1 saturated heterocycles. The van der Waals surface area contributed by atoms with Gasteiger partial charge >= 0.3 is 0 Å². The van der Waals surface area contributed by atoms with Crippen molar-refractivity contribution in [3.8, 4) is 0 Å². The summed E-state index contributed by atoms with van der Waals surface area (Å²) in [6, 6.07) is 16.6. The minimum atomic E-state index is 0.161. The number of rotatable bonds is 0. The Kier molecular flexibility index (Phi) is 2.80. The summed E-state index contributed by atoms with van der Waals surface area (Å²) in [6.45, 7) is 0. The van der Waals surface area contributed by atoms with Gasteiger partial charge in [-0.05, 0) is 71.9 Å². The van der Waals surface area contributed by atoms with Gasteiger partial charge in [-0.2, -0.15) is 0 Å². The Morgan fingerprint density at radius 2 is 1.31 bits per heavy atom. The van der Waals surface area contributed by atoms with E-state index in [1.807, 2.05) is 0 Å². The molecular formula is C27H28N2. The smallest absolute Gasteiger partial charge is 0.102 e. The molecule has 0 N–H and O–H groups in total. The largest absolute Gasteiger partial charge is 0.352 e. The van der Waals surface area contributed by atoms with Crippen LogP contribution < -0.4 is 0 Å². The predicted molar refractivity (Wildman–Crippen MR) is 115 cm³/mol. The lowest BCUT2D eigenvalue weighted by molar-refractivity contribution is -0.0742. The minimum Gasteiger partial charge on any atom is -0.352 e. The molecule has 2 aromatic carbocycles. The van der Waals surface area contributed by atoms with E-state index in [0.29, 0.717) is 18.1 Å². The first-order valence-electron chi connectivity index (χ1n) is 11.8. The summed E-state index contributed by atoms with van der Waals surface area (Å²) < 4.78 is 0. The lowest BCUT2D eigenvalue weighted by atomic mass is 9.87. The van der Waals surface area contributed by atoms with Gasteiger partial charge in [-0.3, -0.25) is 4.90 Å². The number of nitrogens with zero attached hydrogens (tertiary/aromatic N) is 2. The van der Waals surface area contributed by atoms with E-state index in [-0.39, 0.29) is 5.66 Å². The molecule has 1 spiro atoms. The molecule has 2 aromatic rings. The maximum Gasteiger partial charge on any atom is 0.102 e. The monoisotopic (exact) mass is 380 g/mol. The molecule has 4 unspecified atom stereocenters. The van der Waals surface area contributed by atoms with Crippen LogP contribution in [0.25, 0.3) is 0 Å². The summed E-state index contributed by atoms with van der Waals surface area (Å²) in [5.74, 6) is 0. The number of allylic oxidation sites excluding steroid dienone is 1. The zero-order chi connectivity index (χ0) is 18.7. The zero-order valence-electron chi connectivity index (χ0n) is 17.0. The van der Waals surface area contributed by atoms with Gasteiger partial charge in [-0.1, -0.05) is 42.5 Å². The molecule has 4 atom stereocenters. The highest BCUT2D eigenvalue weighted by Crippen LogP contribution is 2.53. The Labute approximate surface area is 173 Å². The van der Waals surface area contributed by atoms with Gasteiger partial charge in [0.05, 0.1) is 0 Å². The van der Waals surface area contributed by atoms with Crippen molar-refractivity contribution in [2.75, 3.05) is 0 Å². The van der Waals surface area contributed by atoms with Crippen molar-refractivity contribution >= 4 is 0 Å². The Morgan fingerprint density at radius 1 is 0.724 bits per heavy atom. The molecule has 3 bridgehead atoms. The molecule has 6 heterocycles. The summed E-state index contributed by atoms with van der Waals surface area (Å²) in [6.07, 6.45) is 14.0. The van der Waals surface area contributed by atoms with Gasteiger partial charge in [0, 0.05) is 43.1 Å². The number of benzene rings is 2. The van der Waals surface area contributed by atoms with Gasteiger partial charge < -0.3 is 4.90 Å². The zero-order valence-corrected chi connectivity index (χ0v) is 17.0. The van der Waals surface area contributed by atoms with Crippen molar-refractivity contribution in [1.29, 1.82) is 0 Å². The van der Waals surface area contributed by atoms with Gasteiger partial charge in [0.15, 0.2) is 0 Å². The van der Waals surface area contributed by atoms with Crippen LogP contribution in [0.1, 0.15) is 52.6 Å². The molecule has 0 radical (unpaired) electrons. The highest BCUT2D eigenvalue weighted by Gasteiger charge is 2.58. The second-order valence-electron chi connectivity index (χ2n) is 10.5. The van der Waals surface area contributed by atoms with Crippen molar-refractivity contribution < 1.29 is 0 Å². The molecule has 0 aliphatic carbocycles. The van der Waals surface area contributed by atoms with Crippen molar-refractivity contribution in [1.82, 2.24) is 9.80 Å². The summed E-state index contributed by atoms with van der Waals surface area (Å²) in [5.41, 5.74) is 11.8. The summed E-state index contributed by atoms with van der Waals surface area (Å²) in [5, 5.41) is 0. The van der Waals surface area contributed by atoms with Crippen molar-refractivity contribution in [3.05, 3.63) is 81.6 Å². The fourth-order valence-electron chi connectivity index (χ4n) is 8.32. The third-order valence-corrected chi connectivity index (χ3v) is 9.25. The van der Waals surface area contributed by atoms with E-state index in [0.717, 1.165) is 6.42 Å². The normalized spacial score (nSPS) is 35.5. The fourth-order valence-corrected chi connectivity index (χ4v) is 8.32. The predicted octanol–water partition coefficient (Wildman–Crippen LogP) is 4.18. The van der Waals surface area contributed by atoms with E-state index in [1.165, 1.54) is 51.4 Å². The maximum atomic E-state index is 3.09. The quantitative estimate of drug-likeness (QED) is 0.676. The summed E-state index contributed by atoms with van der Waals surface area (Å²) >= 11 is 0. The van der Waals surface area contributed by atoms with Crippen LogP contribution in [0.15, 0.2) is 48.2 Å². The van der Waals surface area contributed by atoms with Crippen molar-refractivity contribution in [2.24, 2.45) is 0 Å². The molecule has 1 fully saturated rings. The highest BCUT2D eigenvalue weighted by molar-refractivity contribution is 5.49. The van der Waals surface area contributed by atoms with E-state index < -0.39 is 0 Å². The lowest BCUT2D eigenvalue weighted by Gasteiger charge is -2.53. The van der Waals surface area contributed by atoms with Crippen LogP contribution in [0, 0.1) is 0 Å². The van der Waals surface area contributed by atoms with Crippen LogP contribution in [0.4, 0.5) is 0 Å². The molecular weight excluding hydrogens is 352 g/mol. The second kappa shape index (κ2) is 5.16. The second-order valence-corrected chi connectivity index (χ2v) is 10.5. The van der Waals surface area contributed by atoms with Gasteiger partial charge in [0.1, 0.15) is 5.66 Å². The summed E-state index contributed by atoms with van der Waals surface area (Å²) in [7, 11) is 0. The average Bonchev–Trinajstić information content (AvgIpc) is 3.12. The first kappa shape index (κ1) is 15.7. The van der Waals surface area contributed by atoms with Gasteiger partial charge in [0.2, 0.25) is 0 Å². The third-order valence-electron chi connectivity index (χ3n) is 9.25. The molecule has 0 saturated carbocycles. The molecule has 146 valence electrons. The molecule has 2 heteroatoms. The van der Waals surface area contributed by atoms with Crippen LogP contribution in [-0.2, 0) is 38.5 Å². The van der Waals surface area contributed by atoms with Crippen molar-refractivity contribution in [3.63, 3.8) is 0 Å². The Bertz CT molecular complexity index is 1090. The molecule has 6 aliphatic rings. The van der Waals surface area contributed by atoms with Crippen LogP contribution in [0.3, 0.4) is 0 Å². The van der Waals surface area contributed by atoms with Crippen molar-refractivity contribution in [2.45, 2.75) is 81.6 Å². The SMILES string of the molecule is C1=C2Cc3cccc4c3CC35Cc6c(cccc6CC6CCC(C4)N63)CC(C1)N25. The Morgan fingerprint density at radius 3 is 2.00 bits per heavy atom. The van der Waals surface area contributed by atoms with Crippen LogP contribution in [0.5, 0.6) is 0 Å². The first-order valence-corrected chi connectivity index (χ1v) is 11.8.